The Hall–Kier alpha value is -2.38. The van der Waals surface area contributed by atoms with Gasteiger partial charge in [-0.25, -0.2) is 15.4 Å². The number of ether oxygens (including phenoxy) is 3. The lowest BCUT2D eigenvalue weighted by molar-refractivity contribution is 0.323. The van der Waals surface area contributed by atoms with Crippen LogP contribution in [0.3, 0.4) is 0 Å². The number of aromatic nitrogens is 2. The van der Waals surface area contributed by atoms with Crippen LogP contribution in [0.2, 0.25) is 0 Å². The summed E-state index contributed by atoms with van der Waals surface area (Å²) in [5.41, 5.74) is 4.42. The van der Waals surface area contributed by atoms with Crippen LogP contribution in [0.4, 0.5) is 0 Å². The Bertz CT molecular complexity index is 567. The summed E-state index contributed by atoms with van der Waals surface area (Å²) < 4.78 is 16.0. The first kappa shape index (κ1) is 15.0. The van der Waals surface area contributed by atoms with E-state index in [1.54, 1.807) is 33.7 Å². The van der Waals surface area contributed by atoms with Crippen molar-refractivity contribution in [3.63, 3.8) is 0 Å². The molecule has 3 N–H and O–H groups in total. The molecule has 0 amide bonds. The third kappa shape index (κ3) is 3.04. The quantitative estimate of drug-likeness (QED) is 0.607. The van der Waals surface area contributed by atoms with Gasteiger partial charge in [0.2, 0.25) is 5.75 Å². The summed E-state index contributed by atoms with van der Waals surface area (Å²) in [4.78, 5) is 8.01. The van der Waals surface area contributed by atoms with E-state index in [4.69, 9.17) is 20.1 Å². The number of benzene rings is 1. The highest BCUT2D eigenvalue weighted by Gasteiger charge is 2.19. The molecule has 2 rings (SSSR count). The fourth-order valence-electron chi connectivity index (χ4n) is 2.11. The molecule has 1 aromatic carbocycles. The van der Waals surface area contributed by atoms with Gasteiger partial charge in [-0.1, -0.05) is 0 Å². The standard InChI is InChI=1S/C14H18N4O3/c1-19-11-4-9(5-12(20-2)14(11)21-3)13(18-15)10-6-16-8-17-7-10/h4-8,13,18H,15H2,1-3H3. The van der Waals surface area contributed by atoms with Gasteiger partial charge < -0.3 is 14.2 Å². The van der Waals surface area contributed by atoms with Gasteiger partial charge in [-0.15, -0.1) is 0 Å². The predicted molar refractivity (Wildman–Crippen MR) is 77.3 cm³/mol. The van der Waals surface area contributed by atoms with Crippen LogP contribution in [-0.4, -0.2) is 31.3 Å². The number of nitrogens with two attached hydrogens (primary N) is 1. The molecule has 0 aliphatic carbocycles. The first-order valence-electron chi connectivity index (χ1n) is 6.26. The molecule has 0 bridgehead atoms. The highest BCUT2D eigenvalue weighted by atomic mass is 16.5. The second-order valence-corrected chi connectivity index (χ2v) is 4.23. The van der Waals surface area contributed by atoms with E-state index in [1.165, 1.54) is 6.33 Å². The van der Waals surface area contributed by atoms with Crippen LogP contribution in [-0.2, 0) is 0 Å². The average molecular weight is 290 g/mol. The molecule has 0 saturated carbocycles. The van der Waals surface area contributed by atoms with Crippen molar-refractivity contribution in [3.8, 4) is 17.2 Å². The molecule has 0 radical (unpaired) electrons. The van der Waals surface area contributed by atoms with Crippen LogP contribution in [0.5, 0.6) is 17.2 Å². The first-order chi connectivity index (χ1) is 10.2. The lowest BCUT2D eigenvalue weighted by atomic mass is 10.0. The van der Waals surface area contributed by atoms with Crippen LogP contribution in [0.25, 0.3) is 0 Å². The van der Waals surface area contributed by atoms with E-state index in [-0.39, 0.29) is 6.04 Å². The van der Waals surface area contributed by atoms with Gasteiger partial charge in [-0.3, -0.25) is 5.84 Å². The molecule has 0 aliphatic rings. The van der Waals surface area contributed by atoms with Crippen LogP contribution in [0.15, 0.2) is 30.9 Å². The minimum atomic E-state index is -0.292. The Kier molecular flexibility index (Phi) is 4.91. The van der Waals surface area contributed by atoms with Crippen molar-refractivity contribution < 1.29 is 14.2 Å². The zero-order chi connectivity index (χ0) is 15.2. The molecule has 1 aromatic heterocycles. The zero-order valence-electron chi connectivity index (χ0n) is 12.2. The third-order valence-corrected chi connectivity index (χ3v) is 3.10. The van der Waals surface area contributed by atoms with Gasteiger partial charge in [0.15, 0.2) is 11.5 Å². The maximum atomic E-state index is 5.67. The van der Waals surface area contributed by atoms with E-state index < -0.39 is 0 Å². The fraction of sp³-hybridized carbons (Fsp3) is 0.286. The van der Waals surface area contributed by atoms with Gasteiger partial charge >= 0.3 is 0 Å². The Labute approximate surface area is 123 Å². The summed E-state index contributed by atoms with van der Waals surface area (Å²) in [5.74, 6) is 7.32. The molecule has 2 aromatic rings. The Morgan fingerprint density at radius 2 is 1.52 bits per heavy atom. The summed E-state index contributed by atoms with van der Waals surface area (Å²) in [5, 5.41) is 0. The molecule has 0 spiro atoms. The van der Waals surface area contributed by atoms with E-state index in [0.29, 0.717) is 17.2 Å². The zero-order valence-corrected chi connectivity index (χ0v) is 12.2. The van der Waals surface area contributed by atoms with E-state index in [2.05, 4.69) is 15.4 Å². The van der Waals surface area contributed by atoms with E-state index in [9.17, 15) is 0 Å². The summed E-state index contributed by atoms with van der Waals surface area (Å²) in [6.07, 6.45) is 4.85. The maximum Gasteiger partial charge on any atom is 0.203 e. The minimum absolute atomic E-state index is 0.292. The maximum absolute atomic E-state index is 5.67. The predicted octanol–water partition coefficient (Wildman–Crippen LogP) is 1.06. The van der Waals surface area contributed by atoms with Crippen LogP contribution in [0, 0.1) is 0 Å². The van der Waals surface area contributed by atoms with Crippen LogP contribution >= 0.6 is 0 Å². The van der Waals surface area contributed by atoms with Crippen molar-refractivity contribution in [1.82, 2.24) is 15.4 Å². The largest absolute Gasteiger partial charge is 0.493 e. The SMILES string of the molecule is COc1cc(C(NN)c2cncnc2)cc(OC)c1OC. The van der Waals surface area contributed by atoms with Gasteiger partial charge in [0.05, 0.1) is 27.4 Å². The molecule has 1 heterocycles. The summed E-state index contributed by atoms with van der Waals surface area (Å²) in [7, 11) is 4.69. The highest BCUT2D eigenvalue weighted by molar-refractivity contribution is 5.55. The second kappa shape index (κ2) is 6.87. The molecule has 0 fully saturated rings. The molecule has 7 nitrogen and oxygen atoms in total. The summed E-state index contributed by atoms with van der Waals surface area (Å²) in [6.45, 7) is 0. The van der Waals surface area contributed by atoms with Crippen molar-refractivity contribution in [2.45, 2.75) is 6.04 Å². The van der Waals surface area contributed by atoms with Gasteiger partial charge in [0.25, 0.3) is 0 Å². The lowest BCUT2D eigenvalue weighted by Gasteiger charge is -2.19. The van der Waals surface area contributed by atoms with Crippen LogP contribution < -0.4 is 25.5 Å². The van der Waals surface area contributed by atoms with Crippen molar-refractivity contribution >= 4 is 0 Å². The Morgan fingerprint density at radius 3 is 1.95 bits per heavy atom. The normalized spacial score (nSPS) is 11.8. The topological polar surface area (TPSA) is 91.5 Å². The molecule has 1 unspecified atom stereocenters. The monoisotopic (exact) mass is 290 g/mol. The highest BCUT2D eigenvalue weighted by Crippen LogP contribution is 2.40. The number of hydrazine groups is 1. The average Bonchev–Trinajstić information content (AvgIpc) is 2.55. The van der Waals surface area contributed by atoms with E-state index in [0.717, 1.165) is 11.1 Å². The summed E-state index contributed by atoms with van der Waals surface area (Å²) >= 11 is 0. The molecule has 0 aliphatic heterocycles. The molecule has 21 heavy (non-hydrogen) atoms. The van der Waals surface area contributed by atoms with Crippen molar-refractivity contribution in [1.29, 1.82) is 0 Å². The number of hydrogen-bond donors (Lipinski definition) is 2. The van der Waals surface area contributed by atoms with Gasteiger partial charge in [0, 0.05) is 18.0 Å². The van der Waals surface area contributed by atoms with Crippen molar-refractivity contribution in [2.24, 2.45) is 5.84 Å². The number of nitrogens with zero attached hydrogens (tertiary/aromatic N) is 2. The molecular formula is C14H18N4O3. The van der Waals surface area contributed by atoms with E-state index in [1.807, 2.05) is 12.1 Å². The second-order valence-electron chi connectivity index (χ2n) is 4.23. The summed E-state index contributed by atoms with van der Waals surface area (Å²) in [6, 6.07) is 3.37. The lowest BCUT2D eigenvalue weighted by Crippen LogP contribution is -2.29. The van der Waals surface area contributed by atoms with E-state index >= 15 is 0 Å². The number of hydrogen-bond acceptors (Lipinski definition) is 7. The molecule has 7 heteroatoms. The van der Waals surface area contributed by atoms with Crippen molar-refractivity contribution in [3.05, 3.63) is 42.0 Å². The number of methoxy groups -OCH3 is 3. The van der Waals surface area contributed by atoms with Gasteiger partial charge in [-0.2, -0.15) is 0 Å². The smallest absolute Gasteiger partial charge is 0.203 e. The van der Waals surface area contributed by atoms with Gasteiger partial charge in [-0.05, 0) is 17.7 Å². The molecule has 1 atom stereocenters. The third-order valence-electron chi connectivity index (χ3n) is 3.10. The molecule has 0 saturated heterocycles. The Morgan fingerprint density at radius 1 is 0.952 bits per heavy atom. The van der Waals surface area contributed by atoms with Gasteiger partial charge in [0.1, 0.15) is 6.33 Å². The fourth-order valence-corrected chi connectivity index (χ4v) is 2.11. The number of rotatable bonds is 6. The van der Waals surface area contributed by atoms with Crippen LogP contribution in [0.1, 0.15) is 17.2 Å². The molecular weight excluding hydrogens is 272 g/mol. The molecule has 112 valence electrons. The van der Waals surface area contributed by atoms with Crippen molar-refractivity contribution in [2.75, 3.05) is 21.3 Å². The number of nitrogens with one attached hydrogen (secondary N) is 1. The minimum Gasteiger partial charge on any atom is -0.493 e. The Balaban J connectivity index is 2.52. The first-order valence-corrected chi connectivity index (χ1v) is 6.26.